The zero-order valence-electron chi connectivity index (χ0n) is 24.9. The second kappa shape index (κ2) is 13.4. The largest absolute Gasteiger partial charge is 0.493 e. The first-order valence-corrected chi connectivity index (χ1v) is 14.0. The highest BCUT2D eigenvalue weighted by atomic mass is 16.6. The van der Waals surface area contributed by atoms with Crippen LogP contribution in [0.25, 0.3) is 0 Å². The lowest BCUT2D eigenvalue weighted by atomic mass is 10.1. The van der Waals surface area contributed by atoms with Crippen LogP contribution in [-0.4, -0.2) is 76.2 Å². The molecular weight excluding hydrogens is 574 g/mol. The van der Waals surface area contributed by atoms with Crippen LogP contribution in [0.1, 0.15) is 29.6 Å². The summed E-state index contributed by atoms with van der Waals surface area (Å²) in [5.74, 6) is 2.07. The van der Waals surface area contributed by atoms with E-state index in [9.17, 15) is 14.9 Å². The standard InChI is InChI=1S/C31H33N3O10/c1-38-25-16-21-22(32-18-19-8-6-11-33(19)31(21)35)17-26(25)43-13-7-12-42-23-9-5-10-24(29(23)34(36)37)44-20-14-27(39-2)30(41-4)28(15-20)40-3/h5,9-10,14-19H,6-8,11-13H2,1-4H3/t19-/m0/s1. The normalized spacial score (nSPS) is 15.1. The number of nitrogens with zero attached hydrogens (tertiary/aromatic N) is 3. The summed E-state index contributed by atoms with van der Waals surface area (Å²) in [7, 11) is 5.90. The van der Waals surface area contributed by atoms with Crippen LogP contribution in [0, 0.1) is 10.1 Å². The third-order valence-corrected chi connectivity index (χ3v) is 7.27. The molecular formula is C31H33N3O10. The fourth-order valence-corrected chi connectivity index (χ4v) is 5.17. The number of rotatable bonds is 13. The fourth-order valence-electron chi connectivity index (χ4n) is 5.17. The minimum Gasteiger partial charge on any atom is -0.493 e. The predicted molar refractivity (Wildman–Crippen MR) is 160 cm³/mol. The van der Waals surface area contributed by atoms with Crippen LogP contribution < -0.4 is 33.2 Å². The van der Waals surface area contributed by atoms with E-state index in [0.717, 1.165) is 12.8 Å². The molecule has 2 aliphatic heterocycles. The highest BCUT2D eigenvalue weighted by Gasteiger charge is 2.32. The molecule has 0 unspecified atom stereocenters. The van der Waals surface area contributed by atoms with Crippen LogP contribution in [0.15, 0.2) is 47.5 Å². The molecule has 5 rings (SSSR count). The number of nitro benzene ring substituents is 1. The summed E-state index contributed by atoms with van der Waals surface area (Å²) in [6, 6.07) is 11.0. The van der Waals surface area contributed by atoms with E-state index < -0.39 is 4.92 Å². The van der Waals surface area contributed by atoms with E-state index in [1.54, 1.807) is 18.2 Å². The summed E-state index contributed by atoms with van der Waals surface area (Å²) >= 11 is 0. The Morgan fingerprint density at radius 3 is 2.23 bits per heavy atom. The lowest BCUT2D eigenvalue weighted by molar-refractivity contribution is -0.386. The molecule has 0 spiro atoms. The van der Waals surface area contributed by atoms with Crippen molar-refractivity contribution in [2.24, 2.45) is 4.99 Å². The average molecular weight is 608 g/mol. The highest BCUT2D eigenvalue weighted by molar-refractivity contribution is 6.03. The Hall–Kier alpha value is -5.20. The highest BCUT2D eigenvalue weighted by Crippen LogP contribution is 2.45. The van der Waals surface area contributed by atoms with E-state index in [1.165, 1.54) is 52.7 Å². The first-order valence-electron chi connectivity index (χ1n) is 14.0. The topological polar surface area (TPSA) is 140 Å². The maximum absolute atomic E-state index is 13.1. The molecule has 2 heterocycles. The first kappa shape index (κ1) is 30.3. The number of benzene rings is 3. The Balaban J connectivity index is 1.25. The molecule has 0 N–H and O–H groups in total. The van der Waals surface area contributed by atoms with Gasteiger partial charge in [-0.2, -0.15) is 0 Å². The molecule has 0 bridgehead atoms. The van der Waals surface area contributed by atoms with Gasteiger partial charge in [0.25, 0.3) is 5.91 Å². The van der Waals surface area contributed by atoms with Gasteiger partial charge in [-0.15, -0.1) is 0 Å². The van der Waals surface area contributed by atoms with Crippen molar-refractivity contribution in [3.8, 4) is 46.0 Å². The predicted octanol–water partition coefficient (Wildman–Crippen LogP) is 5.59. The molecule has 0 saturated carbocycles. The van der Waals surface area contributed by atoms with Gasteiger partial charge in [-0.1, -0.05) is 6.07 Å². The third-order valence-electron chi connectivity index (χ3n) is 7.27. The molecule has 2 aliphatic rings. The molecule has 3 aromatic carbocycles. The lowest BCUT2D eigenvalue weighted by Gasteiger charge is -2.20. The Morgan fingerprint density at radius 1 is 0.886 bits per heavy atom. The van der Waals surface area contributed by atoms with Crippen LogP contribution in [-0.2, 0) is 0 Å². The number of para-hydroxylation sites is 1. The quantitative estimate of drug-likeness (QED) is 0.137. The maximum Gasteiger partial charge on any atom is 0.352 e. The Morgan fingerprint density at radius 2 is 1.57 bits per heavy atom. The van der Waals surface area contributed by atoms with Crippen molar-refractivity contribution in [2.75, 3.05) is 48.2 Å². The second-order valence-electron chi connectivity index (χ2n) is 9.88. The number of ether oxygens (including phenoxy) is 7. The Labute approximate surface area is 254 Å². The molecule has 1 saturated heterocycles. The van der Waals surface area contributed by atoms with E-state index >= 15 is 0 Å². The van der Waals surface area contributed by atoms with Crippen LogP contribution in [0.5, 0.6) is 46.0 Å². The number of carbonyl (C=O) groups is 1. The van der Waals surface area contributed by atoms with Gasteiger partial charge < -0.3 is 38.1 Å². The maximum atomic E-state index is 13.1. The van der Waals surface area contributed by atoms with Crippen molar-refractivity contribution in [3.05, 3.63) is 58.1 Å². The van der Waals surface area contributed by atoms with E-state index in [2.05, 4.69) is 4.99 Å². The van der Waals surface area contributed by atoms with E-state index in [-0.39, 0.29) is 48.1 Å². The van der Waals surface area contributed by atoms with Crippen LogP contribution in [0.2, 0.25) is 0 Å². The van der Waals surface area contributed by atoms with Gasteiger partial charge in [0.15, 0.2) is 23.0 Å². The van der Waals surface area contributed by atoms with E-state index in [0.29, 0.717) is 53.0 Å². The van der Waals surface area contributed by atoms with E-state index in [4.69, 9.17) is 33.2 Å². The Kier molecular flexibility index (Phi) is 9.22. The molecule has 13 heteroatoms. The molecule has 232 valence electrons. The lowest BCUT2D eigenvalue weighted by Crippen LogP contribution is -2.35. The molecule has 44 heavy (non-hydrogen) atoms. The van der Waals surface area contributed by atoms with Gasteiger partial charge in [0, 0.05) is 37.4 Å². The van der Waals surface area contributed by atoms with Gasteiger partial charge in [-0.05, 0) is 31.0 Å². The van der Waals surface area contributed by atoms with Gasteiger partial charge in [-0.25, -0.2) is 0 Å². The number of methoxy groups -OCH3 is 4. The zero-order valence-corrected chi connectivity index (χ0v) is 24.9. The minimum absolute atomic E-state index is 0.00256. The number of carbonyl (C=O) groups excluding carboxylic acids is 1. The molecule has 1 atom stereocenters. The number of hydrogen-bond acceptors (Lipinski definition) is 11. The van der Waals surface area contributed by atoms with E-state index in [1.807, 2.05) is 11.1 Å². The van der Waals surface area contributed by atoms with Crippen LogP contribution in [0.3, 0.4) is 0 Å². The van der Waals surface area contributed by atoms with Crippen molar-refractivity contribution in [2.45, 2.75) is 25.3 Å². The number of fused-ring (bicyclic) bond motifs is 2. The minimum atomic E-state index is -0.563. The van der Waals surface area contributed by atoms with Crippen molar-refractivity contribution in [1.82, 2.24) is 4.90 Å². The SMILES string of the molecule is COc1cc2c(cc1OCCCOc1cccc(Oc3cc(OC)c(OC)c(OC)c3)c1[N+](=O)[O-])N=C[C@@H]1CCCN1C2=O. The van der Waals surface area contributed by atoms with Gasteiger partial charge in [0.2, 0.25) is 17.2 Å². The van der Waals surface area contributed by atoms with Gasteiger partial charge in [-0.3, -0.25) is 19.9 Å². The summed E-state index contributed by atoms with van der Waals surface area (Å²) in [6.45, 7) is 1.04. The number of hydrogen-bond donors (Lipinski definition) is 0. The number of aliphatic imine (C=N–C) groups is 1. The third kappa shape index (κ3) is 6.12. The Bertz CT molecular complexity index is 1550. The molecule has 1 amide bonds. The van der Waals surface area contributed by atoms with Crippen LogP contribution in [0.4, 0.5) is 11.4 Å². The molecule has 0 aromatic heterocycles. The summed E-state index contributed by atoms with van der Waals surface area (Å²) in [5.41, 5.74) is 0.660. The average Bonchev–Trinajstić information content (AvgIpc) is 3.46. The van der Waals surface area contributed by atoms with Gasteiger partial charge in [0.1, 0.15) is 5.75 Å². The number of amides is 1. The van der Waals surface area contributed by atoms with Gasteiger partial charge >= 0.3 is 5.69 Å². The molecule has 3 aromatic rings. The zero-order chi connectivity index (χ0) is 31.2. The monoisotopic (exact) mass is 607 g/mol. The van der Waals surface area contributed by atoms with Crippen molar-refractivity contribution in [1.29, 1.82) is 0 Å². The fraction of sp³-hybridized carbons (Fsp3) is 0.355. The summed E-state index contributed by atoms with van der Waals surface area (Å²) in [4.78, 5) is 30.9. The summed E-state index contributed by atoms with van der Waals surface area (Å²) < 4.78 is 39.1. The number of nitro groups is 1. The summed E-state index contributed by atoms with van der Waals surface area (Å²) in [6.07, 6.45) is 4.05. The second-order valence-corrected chi connectivity index (χ2v) is 9.88. The van der Waals surface area contributed by atoms with Crippen molar-refractivity contribution < 1.29 is 42.9 Å². The van der Waals surface area contributed by atoms with Crippen molar-refractivity contribution in [3.63, 3.8) is 0 Å². The van der Waals surface area contributed by atoms with Crippen LogP contribution >= 0.6 is 0 Å². The smallest absolute Gasteiger partial charge is 0.352 e. The van der Waals surface area contributed by atoms with Gasteiger partial charge in [0.05, 0.1) is 63.9 Å². The first-order chi connectivity index (χ1) is 21.4. The van der Waals surface area contributed by atoms with Crippen molar-refractivity contribution >= 4 is 23.5 Å². The molecule has 13 nitrogen and oxygen atoms in total. The molecule has 1 fully saturated rings. The summed E-state index contributed by atoms with van der Waals surface area (Å²) in [5, 5.41) is 12.1. The molecule has 0 radical (unpaired) electrons. The molecule has 0 aliphatic carbocycles.